The Kier molecular flexibility index (Phi) is 2.13. The van der Waals surface area contributed by atoms with Crippen molar-refractivity contribution in [1.29, 1.82) is 0 Å². The number of rotatable bonds is 2. The number of ether oxygens (including phenoxy) is 1. The molecule has 0 aromatic heterocycles. The van der Waals surface area contributed by atoms with E-state index in [9.17, 15) is 0 Å². The van der Waals surface area contributed by atoms with Gasteiger partial charge in [-0.1, -0.05) is 0 Å². The van der Waals surface area contributed by atoms with Crippen LogP contribution >= 0.6 is 0 Å². The van der Waals surface area contributed by atoms with Crippen LogP contribution in [0, 0.1) is 11.8 Å². The summed E-state index contributed by atoms with van der Waals surface area (Å²) in [6.07, 6.45) is 0. The van der Waals surface area contributed by atoms with Crippen molar-refractivity contribution < 1.29 is 4.74 Å². The minimum atomic E-state index is -0.0190. The molecule has 0 aromatic rings. The lowest BCUT2D eigenvalue weighted by Crippen LogP contribution is -2.34. The van der Waals surface area contributed by atoms with Crippen LogP contribution in [0.4, 0.5) is 0 Å². The summed E-state index contributed by atoms with van der Waals surface area (Å²) in [4.78, 5) is 2.37. The lowest BCUT2D eigenvalue weighted by molar-refractivity contribution is -0.0600. The molecular formula is C10H20N2O. The van der Waals surface area contributed by atoms with Gasteiger partial charge in [-0.3, -0.25) is 4.90 Å². The Hall–Kier alpha value is -0.120. The Morgan fingerprint density at radius 2 is 1.85 bits per heavy atom. The van der Waals surface area contributed by atoms with E-state index >= 15 is 0 Å². The monoisotopic (exact) mass is 184 g/mol. The zero-order valence-electron chi connectivity index (χ0n) is 8.79. The Morgan fingerprint density at radius 3 is 2.31 bits per heavy atom. The number of nitrogens with zero attached hydrogens (tertiary/aromatic N) is 1. The van der Waals surface area contributed by atoms with Crippen LogP contribution in [0.25, 0.3) is 0 Å². The van der Waals surface area contributed by atoms with Gasteiger partial charge in [-0.05, 0) is 32.6 Å². The lowest BCUT2D eigenvalue weighted by atomic mass is 10.2. The van der Waals surface area contributed by atoms with Gasteiger partial charge in [0.15, 0.2) is 0 Å². The van der Waals surface area contributed by atoms with E-state index in [1.807, 2.05) is 0 Å². The molecule has 2 N–H and O–H groups in total. The van der Waals surface area contributed by atoms with E-state index in [0.29, 0.717) is 6.04 Å². The molecule has 0 amide bonds. The molecule has 76 valence electrons. The number of piperidine rings is 1. The molecule has 1 unspecified atom stereocenters. The zero-order chi connectivity index (χ0) is 9.64. The maximum Gasteiger partial charge on any atom is 0.0997 e. The second-order valence-corrected chi connectivity index (χ2v) is 5.33. The average molecular weight is 184 g/mol. The first-order valence-corrected chi connectivity index (χ1v) is 5.09. The van der Waals surface area contributed by atoms with Crippen LogP contribution in [-0.2, 0) is 4.74 Å². The smallest absolute Gasteiger partial charge is 0.0997 e. The average Bonchev–Trinajstić information content (AvgIpc) is 2.50. The van der Waals surface area contributed by atoms with Gasteiger partial charge in [0.25, 0.3) is 0 Å². The minimum absolute atomic E-state index is 0.0190. The topological polar surface area (TPSA) is 38.5 Å². The van der Waals surface area contributed by atoms with Crippen LogP contribution in [0.15, 0.2) is 0 Å². The SMILES string of the molecule is CC(C)(C)OCN1C[C@@H]2C(N)[C@@H]2C1. The third kappa shape index (κ3) is 2.03. The molecule has 3 nitrogen and oxygen atoms in total. The molecule has 1 saturated heterocycles. The number of hydrogen-bond acceptors (Lipinski definition) is 3. The number of nitrogens with two attached hydrogens (primary N) is 1. The quantitative estimate of drug-likeness (QED) is 0.684. The number of fused-ring (bicyclic) bond motifs is 1. The van der Waals surface area contributed by atoms with Gasteiger partial charge in [0.1, 0.15) is 0 Å². The van der Waals surface area contributed by atoms with E-state index in [2.05, 4.69) is 25.7 Å². The molecule has 1 saturated carbocycles. The van der Waals surface area contributed by atoms with Gasteiger partial charge in [-0.25, -0.2) is 0 Å². The van der Waals surface area contributed by atoms with Crippen LogP contribution in [-0.4, -0.2) is 36.4 Å². The molecule has 0 bridgehead atoms. The highest BCUT2D eigenvalue weighted by Gasteiger charge is 2.53. The Bertz CT molecular complexity index is 188. The molecule has 13 heavy (non-hydrogen) atoms. The predicted octanol–water partition coefficient (Wildman–Crippen LogP) is 0.648. The first-order chi connectivity index (χ1) is 5.97. The van der Waals surface area contributed by atoms with Crippen molar-refractivity contribution in [2.75, 3.05) is 19.8 Å². The molecule has 1 aliphatic heterocycles. The maximum absolute atomic E-state index is 5.85. The fourth-order valence-electron chi connectivity index (χ4n) is 2.05. The third-order valence-electron chi connectivity index (χ3n) is 3.02. The second kappa shape index (κ2) is 2.94. The number of likely N-dealkylation sites (tertiary alicyclic amines) is 1. The summed E-state index contributed by atoms with van der Waals surface area (Å²) in [6.45, 7) is 9.33. The molecule has 2 rings (SSSR count). The van der Waals surface area contributed by atoms with Crippen LogP contribution < -0.4 is 5.73 Å². The number of hydrogen-bond donors (Lipinski definition) is 1. The van der Waals surface area contributed by atoms with Gasteiger partial charge in [-0.2, -0.15) is 0 Å². The van der Waals surface area contributed by atoms with Crippen LogP contribution in [0.2, 0.25) is 0 Å². The molecule has 1 aliphatic carbocycles. The molecule has 3 atom stereocenters. The molecule has 2 fully saturated rings. The first kappa shape index (κ1) is 9.44. The first-order valence-electron chi connectivity index (χ1n) is 5.09. The highest BCUT2D eigenvalue weighted by atomic mass is 16.5. The fourth-order valence-corrected chi connectivity index (χ4v) is 2.05. The highest BCUT2D eigenvalue weighted by Crippen LogP contribution is 2.43. The van der Waals surface area contributed by atoms with E-state index in [1.54, 1.807) is 0 Å². The van der Waals surface area contributed by atoms with Gasteiger partial charge in [0.2, 0.25) is 0 Å². The van der Waals surface area contributed by atoms with Crippen molar-refractivity contribution in [2.45, 2.75) is 32.4 Å². The van der Waals surface area contributed by atoms with Gasteiger partial charge in [-0.15, -0.1) is 0 Å². The fraction of sp³-hybridized carbons (Fsp3) is 1.00. The van der Waals surface area contributed by atoms with Crippen LogP contribution in [0.3, 0.4) is 0 Å². The molecule has 0 radical (unpaired) electrons. The predicted molar refractivity (Wildman–Crippen MR) is 52.2 cm³/mol. The van der Waals surface area contributed by atoms with E-state index in [1.165, 1.54) is 0 Å². The maximum atomic E-state index is 5.85. The van der Waals surface area contributed by atoms with Gasteiger partial charge in [0.05, 0.1) is 12.3 Å². The van der Waals surface area contributed by atoms with E-state index in [0.717, 1.165) is 31.7 Å². The van der Waals surface area contributed by atoms with Crippen molar-refractivity contribution in [3.05, 3.63) is 0 Å². The summed E-state index contributed by atoms with van der Waals surface area (Å²) in [5.41, 5.74) is 5.83. The minimum Gasteiger partial charge on any atom is -0.360 e. The highest BCUT2D eigenvalue weighted by molar-refractivity contribution is 5.08. The van der Waals surface area contributed by atoms with Crippen molar-refractivity contribution in [2.24, 2.45) is 17.6 Å². The summed E-state index contributed by atoms with van der Waals surface area (Å²) in [5.74, 6) is 1.53. The van der Waals surface area contributed by atoms with Gasteiger partial charge in [0, 0.05) is 19.1 Å². The summed E-state index contributed by atoms with van der Waals surface area (Å²) in [5, 5.41) is 0. The standard InChI is InChI=1S/C10H20N2O/c1-10(2,3)13-6-12-4-7-8(5-12)9(7)11/h7-9H,4-6,11H2,1-3H3/t7-,8+,9?. The third-order valence-corrected chi connectivity index (χ3v) is 3.02. The van der Waals surface area contributed by atoms with E-state index in [-0.39, 0.29) is 5.60 Å². The van der Waals surface area contributed by atoms with Crippen molar-refractivity contribution in [3.63, 3.8) is 0 Å². The van der Waals surface area contributed by atoms with E-state index in [4.69, 9.17) is 10.5 Å². The van der Waals surface area contributed by atoms with Crippen molar-refractivity contribution in [1.82, 2.24) is 4.90 Å². The summed E-state index contributed by atoms with van der Waals surface area (Å²) >= 11 is 0. The van der Waals surface area contributed by atoms with Crippen molar-refractivity contribution in [3.8, 4) is 0 Å². The molecule has 2 aliphatic rings. The lowest BCUT2D eigenvalue weighted by Gasteiger charge is -2.25. The van der Waals surface area contributed by atoms with Gasteiger partial charge < -0.3 is 10.5 Å². The summed E-state index contributed by atoms with van der Waals surface area (Å²) in [7, 11) is 0. The Balaban J connectivity index is 1.69. The van der Waals surface area contributed by atoms with E-state index < -0.39 is 0 Å². The summed E-state index contributed by atoms with van der Waals surface area (Å²) in [6, 6.07) is 0.492. The van der Waals surface area contributed by atoms with Crippen molar-refractivity contribution >= 4 is 0 Å². The zero-order valence-corrected chi connectivity index (χ0v) is 8.79. The molecule has 0 aromatic carbocycles. The Morgan fingerprint density at radius 1 is 1.31 bits per heavy atom. The van der Waals surface area contributed by atoms with Crippen LogP contribution in [0.5, 0.6) is 0 Å². The summed E-state index contributed by atoms with van der Waals surface area (Å²) < 4.78 is 5.70. The Labute approximate surface area is 80.2 Å². The molecular weight excluding hydrogens is 164 g/mol. The molecule has 0 spiro atoms. The van der Waals surface area contributed by atoms with Gasteiger partial charge >= 0.3 is 0 Å². The molecule has 3 heteroatoms. The molecule has 1 heterocycles. The largest absolute Gasteiger partial charge is 0.360 e. The van der Waals surface area contributed by atoms with Crippen LogP contribution in [0.1, 0.15) is 20.8 Å². The second-order valence-electron chi connectivity index (χ2n) is 5.33. The normalized spacial score (nSPS) is 39.2.